The highest BCUT2D eigenvalue weighted by molar-refractivity contribution is 7.10. The lowest BCUT2D eigenvalue weighted by Crippen LogP contribution is -2.65. The predicted molar refractivity (Wildman–Crippen MR) is 142 cm³/mol. The Morgan fingerprint density at radius 1 is 1.06 bits per heavy atom. The van der Waals surface area contributed by atoms with Crippen LogP contribution >= 0.6 is 11.3 Å². The molecule has 0 aliphatic carbocycles. The van der Waals surface area contributed by atoms with E-state index in [-0.39, 0.29) is 25.3 Å². The molecular formula is C29H35N2O3S+. The van der Waals surface area contributed by atoms with Crippen molar-refractivity contribution in [3.63, 3.8) is 0 Å². The van der Waals surface area contributed by atoms with Gasteiger partial charge in [0.1, 0.15) is 13.1 Å². The molecule has 2 bridgehead atoms. The Morgan fingerprint density at radius 2 is 1.71 bits per heavy atom. The van der Waals surface area contributed by atoms with Crippen molar-refractivity contribution in [2.45, 2.75) is 39.3 Å². The molecule has 3 aliphatic heterocycles. The van der Waals surface area contributed by atoms with E-state index in [0.29, 0.717) is 12.5 Å². The summed E-state index contributed by atoms with van der Waals surface area (Å²) in [5, 5.41) is 5.32. The van der Waals surface area contributed by atoms with Gasteiger partial charge in [-0.3, -0.25) is 4.79 Å². The second-order valence-corrected chi connectivity index (χ2v) is 10.8. The van der Waals surface area contributed by atoms with Crippen LogP contribution in [-0.2, 0) is 9.53 Å². The summed E-state index contributed by atoms with van der Waals surface area (Å²) in [6.07, 6.45) is 1.84. The summed E-state index contributed by atoms with van der Waals surface area (Å²) in [5.41, 5.74) is 2.57. The Kier molecular flexibility index (Phi) is 7.72. The van der Waals surface area contributed by atoms with E-state index in [0.717, 1.165) is 58.7 Å². The number of aryl methyl sites for hydroxylation is 1. The molecule has 3 aromatic rings. The number of ketones is 1. The Bertz CT molecular complexity index is 1140. The molecule has 1 aromatic heterocycles. The number of piperidine rings is 3. The molecule has 3 saturated heterocycles. The number of anilines is 1. The fourth-order valence-electron chi connectivity index (χ4n) is 5.40. The fourth-order valence-corrected chi connectivity index (χ4v) is 6.11. The maximum Gasteiger partial charge on any atom is 0.333 e. The summed E-state index contributed by atoms with van der Waals surface area (Å²) in [6.45, 7) is 5.21. The van der Waals surface area contributed by atoms with Crippen molar-refractivity contribution >= 4 is 28.8 Å². The van der Waals surface area contributed by atoms with E-state index >= 15 is 0 Å². The van der Waals surface area contributed by atoms with E-state index < -0.39 is 6.04 Å². The zero-order valence-electron chi connectivity index (χ0n) is 19.5. The maximum atomic E-state index is 13.5. The van der Waals surface area contributed by atoms with Crippen LogP contribution < -0.4 is 5.32 Å². The molecule has 3 aliphatic rings. The molecule has 6 heteroatoms. The second-order valence-electron chi connectivity index (χ2n) is 9.67. The lowest BCUT2D eigenvalue weighted by molar-refractivity contribution is -0.938. The number of quaternary nitrogens is 1. The number of fused-ring (bicyclic) bond motifs is 3. The fraction of sp³-hybridized carbons (Fsp3) is 0.379. The smallest absolute Gasteiger partial charge is 0.333 e. The van der Waals surface area contributed by atoms with Crippen LogP contribution in [0.5, 0.6) is 0 Å². The molecule has 2 aromatic carbocycles. The number of benzene rings is 2. The molecular weight excluding hydrogens is 456 g/mol. The van der Waals surface area contributed by atoms with Crippen LogP contribution in [0.25, 0.3) is 0 Å². The number of Topliss-reactive ketones (excluding diaryl/α,β-unsaturated/α-hetero) is 1. The summed E-state index contributed by atoms with van der Waals surface area (Å²) in [4.78, 5) is 27.7. The quantitative estimate of drug-likeness (QED) is 0.243. The van der Waals surface area contributed by atoms with Crippen LogP contribution in [0, 0.1) is 12.8 Å². The number of nitrogens with one attached hydrogen (secondary N) is 1. The molecule has 3 fully saturated rings. The van der Waals surface area contributed by atoms with Crippen molar-refractivity contribution in [3.05, 3.63) is 88.1 Å². The monoisotopic (exact) mass is 491 g/mol. The van der Waals surface area contributed by atoms with Gasteiger partial charge in [-0.15, -0.1) is 11.3 Å². The van der Waals surface area contributed by atoms with E-state index in [9.17, 15) is 9.59 Å². The number of nitrogens with zero attached hydrogens (tertiary/aromatic N) is 1. The minimum Gasteiger partial charge on any atom is -0.454 e. The molecule has 2 atom stereocenters. The summed E-state index contributed by atoms with van der Waals surface area (Å²) in [6, 6.07) is 20.9. The molecule has 6 rings (SSSR count). The third-order valence-electron chi connectivity index (χ3n) is 7.29. The zero-order valence-corrected chi connectivity index (χ0v) is 20.3. The third kappa shape index (κ3) is 5.65. The Hall–Kier alpha value is -2.96. The predicted octanol–water partition coefficient (Wildman–Crippen LogP) is 5.88. The molecule has 5 nitrogen and oxygen atoms in total. The first-order chi connectivity index (χ1) is 16.5. The lowest BCUT2D eigenvalue weighted by atomic mass is 9.82. The largest absolute Gasteiger partial charge is 0.454 e. The van der Waals surface area contributed by atoms with Crippen LogP contribution in [0.1, 0.15) is 47.1 Å². The maximum absolute atomic E-state index is 13.5. The number of esters is 1. The van der Waals surface area contributed by atoms with Crippen LogP contribution in [0.3, 0.4) is 0 Å². The van der Waals surface area contributed by atoms with Crippen molar-refractivity contribution in [2.24, 2.45) is 5.92 Å². The summed E-state index contributed by atoms with van der Waals surface area (Å²) >= 11 is 1.62. The molecule has 35 heavy (non-hydrogen) atoms. The standard InChI is InChI=1S/C28H31N2O3S.CH4/c1-20-16-23(19-34-20)25(31)17-30-14-12-21(13-15-30)26(18-30)33-28(32)27(22-8-4-2-5-9-22)29-24-10-6-3-7-11-24;/h2-11,16,19,21,26-27,29H,12-15,17-18H2,1H3;1H4/q+1;/t21?,26-,27+,30?;/m0./s1. The van der Waals surface area contributed by atoms with Crippen molar-refractivity contribution in [1.82, 2.24) is 0 Å². The van der Waals surface area contributed by atoms with Gasteiger partial charge >= 0.3 is 5.97 Å². The number of rotatable bonds is 8. The highest BCUT2D eigenvalue weighted by Gasteiger charge is 2.49. The van der Waals surface area contributed by atoms with Gasteiger partial charge in [-0.2, -0.15) is 0 Å². The van der Waals surface area contributed by atoms with Gasteiger partial charge in [0.15, 0.2) is 12.1 Å². The number of hydrogen-bond acceptors (Lipinski definition) is 5. The van der Waals surface area contributed by atoms with Crippen molar-refractivity contribution in [2.75, 3.05) is 31.5 Å². The summed E-state index contributed by atoms with van der Waals surface area (Å²) in [7, 11) is 0. The van der Waals surface area contributed by atoms with Crippen LogP contribution in [0.4, 0.5) is 5.69 Å². The number of hydrogen-bond donors (Lipinski definition) is 1. The molecule has 184 valence electrons. The lowest BCUT2D eigenvalue weighted by Gasteiger charge is -2.51. The van der Waals surface area contributed by atoms with Gasteiger partial charge in [-0.05, 0) is 30.7 Å². The SMILES string of the molecule is C.Cc1cc(C(=O)C[N+]23CCC(CC2)[C@@H](OC(=O)[C@H](Nc2ccccc2)c2ccccc2)C3)cs1. The highest BCUT2D eigenvalue weighted by atomic mass is 32.1. The zero-order chi connectivity index (χ0) is 23.5. The van der Waals surface area contributed by atoms with E-state index in [2.05, 4.69) is 5.32 Å². The van der Waals surface area contributed by atoms with Crippen LogP contribution in [0.2, 0.25) is 0 Å². The summed E-state index contributed by atoms with van der Waals surface area (Å²) < 4.78 is 6.93. The molecule has 0 amide bonds. The van der Waals surface area contributed by atoms with Crippen molar-refractivity contribution < 1.29 is 18.8 Å². The van der Waals surface area contributed by atoms with Crippen LogP contribution in [-0.4, -0.2) is 48.5 Å². The molecule has 0 saturated carbocycles. The highest BCUT2D eigenvalue weighted by Crippen LogP contribution is 2.37. The first-order valence-electron chi connectivity index (χ1n) is 12.0. The van der Waals surface area contributed by atoms with Gasteiger partial charge in [-0.25, -0.2) is 4.79 Å². The van der Waals surface area contributed by atoms with E-state index in [1.165, 1.54) is 0 Å². The Balaban J connectivity index is 0.00000289. The molecule has 4 heterocycles. The molecule has 0 unspecified atom stereocenters. The first-order valence-corrected chi connectivity index (χ1v) is 12.9. The minimum absolute atomic E-state index is 0. The first kappa shape index (κ1) is 25.1. The second kappa shape index (κ2) is 10.8. The average molecular weight is 492 g/mol. The molecule has 0 spiro atoms. The summed E-state index contributed by atoms with van der Waals surface area (Å²) in [5.74, 6) is 0.310. The number of para-hydroxylation sites is 1. The number of carbonyl (C=O) groups is 2. The Labute approximate surface area is 212 Å². The van der Waals surface area contributed by atoms with Crippen molar-refractivity contribution in [1.29, 1.82) is 0 Å². The van der Waals surface area contributed by atoms with Gasteiger partial charge in [0.05, 0.1) is 13.1 Å². The third-order valence-corrected chi connectivity index (χ3v) is 8.16. The van der Waals surface area contributed by atoms with E-state index in [1.807, 2.05) is 79.0 Å². The average Bonchev–Trinajstić information content (AvgIpc) is 3.31. The van der Waals surface area contributed by atoms with Gasteiger partial charge in [0.2, 0.25) is 5.78 Å². The van der Waals surface area contributed by atoms with E-state index in [4.69, 9.17) is 4.74 Å². The number of carbonyl (C=O) groups excluding carboxylic acids is 2. The van der Waals surface area contributed by atoms with Gasteiger partial charge in [0.25, 0.3) is 0 Å². The molecule has 1 N–H and O–H groups in total. The van der Waals surface area contributed by atoms with Crippen molar-refractivity contribution in [3.8, 4) is 0 Å². The minimum atomic E-state index is -0.581. The Morgan fingerprint density at radius 3 is 2.34 bits per heavy atom. The number of ether oxygens (including phenoxy) is 1. The van der Waals surface area contributed by atoms with E-state index in [1.54, 1.807) is 11.3 Å². The van der Waals surface area contributed by atoms with Crippen LogP contribution in [0.15, 0.2) is 72.1 Å². The number of thiophene rings is 1. The van der Waals surface area contributed by atoms with Gasteiger partial charge in [0, 0.05) is 40.3 Å². The topological polar surface area (TPSA) is 55.4 Å². The van der Waals surface area contributed by atoms with Gasteiger partial charge in [-0.1, -0.05) is 56.0 Å². The van der Waals surface area contributed by atoms with Gasteiger partial charge < -0.3 is 14.5 Å². The molecule has 0 radical (unpaired) electrons. The normalized spacial score (nSPS) is 23.7.